The van der Waals surface area contributed by atoms with Crippen LogP contribution < -0.4 is 0 Å². The molecule has 1 aromatic carbocycles. The largest absolute Gasteiger partial charge is 0.459 e. The van der Waals surface area contributed by atoms with Crippen molar-refractivity contribution in [1.82, 2.24) is 0 Å². The van der Waals surface area contributed by atoms with Gasteiger partial charge in [-0.1, -0.05) is 26.0 Å². The highest BCUT2D eigenvalue weighted by atomic mass is 16.6. The number of carbonyl (C=O) groups is 1. The summed E-state index contributed by atoms with van der Waals surface area (Å²) in [5.74, 6) is 0.427. The van der Waals surface area contributed by atoms with Crippen LogP contribution in [-0.4, -0.2) is 24.8 Å². The Bertz CT molecular complexity index is 430. The zero-order valence-electron chi connectivity index (χ0n) is 11.9. The van der Waals surface area contributed by atoms with Gasteiger partial charge in [-0.2, -0.15) is 0 Å². The average molecular weight is 262 g/mol. The van der Waals surface area contributed by atoms with Crippen molar-refractivity contribution in [1.29, 1.82) is 0 Å². The van der Waals surface area contributed by atoms with Gasteiger partial charge in [0.1, 0.15) is 12.2 Å². The number of rotatable bonds is 6. The van der Waals surface area contributed by atoms with Crippen LogP contribution in [0.3, 0.4) is 0 Å². The van der Waals surface area contributed by atoms with Gasteiger partial charge < -0.3 is 9.47 Å². The minimum absolute atomic E-state index is 0.243. The molecule has 1 aliphatic rings. The lowest BCUT2D eigenvalue weighted by Gasteiger charge is -2.08. The normalized spacial score (nSPS) is 21.5. The first kappa shape index (κ1) is 14.1. The monoisotopic (exact) mass is 262 g/mol. The second-order valence-electron chi connectivity index (χ2n) is 5.94. The van der Waals surface area contributed by atoms with Crippen molar-refractivity contribution in [3.05, 3.63) is 35.4 Å². The summed E-state index contributed by atoms with van der Waals surface area (Å²) in [4.78, 5) is 11.8. The third-order valence-corrected chi connectivity index (χ3v) is 3.35. The molecule has 1 fully saturated rings. The minimum Gasteiger partial charge on any atom is -0.459 e. The van der Waals surface area contributed by atoms with Crippen LogP contribution in [-0.2, 0) is 15.9 Å². The number of epoxide rings is 1. The predicted octanol–water partition coefficient (Wildman–Crippen LogP) is 3.22. The lowest BCUT2D eigenvalue weighted by atomic mass is 10.0. The van der Waals surface area contributed by atoms with Crippen LogP contribution in [0, 0.1) is 5.92 Å². The molecule has 3 heteroatoms. The van der Waals surface area contributed by atoms with E-state index < -0.39 is 0 Å². The zero-order valence-corrected chi connectivity index (χ0v) is 11.9. The second kappa shape index (κ2) is 5.74. The molecule has 1 aromatic rings. The van der Waals surface area contributed by atoms with E-state index in [2.05, 4.69) is 13.8 Å². The summed E-state index contributed by atoms with van der Waals surface area (Å²) in [6.45, 7) is 7.38. The third kappa shape index (κ3) is 4.35. The fourth-order valence-corrected chi connectivity index (χ4v) is 1.77. The van der Waals surface area contributed by atoms with E-state index in [0.29, 0.717) is 24.7 Å². The van der Waals surface area contributed by atoms with Gasteiger partial charge in [-0.05, 0) is 43.4 Å². The Morgan fingerprint density at radius 2 is 2.00 bits per heavy atom. The van der Waals surface area contributed by atoms with E-state index >= 15 is 0 Å². The molecule has 0 saturated carbocycles. The SMILES string of the molecule is CC(C)CCc1ccc(C(=O)OCC2(C)CO2)cc1. The number of ether oxygens (including phenoxy) is 2. The van der Waals surface area contributed by atoms with Crippen LogP contribution in [0.25, 0.3) is 0 Å². The predicted molar refractivity (Wildman–Crippen MR) is 74.2 cm³/mol. The molecule has 1 unspecified atom stereocenters. The summed E-state index contributed by atoms with van der Waals surface area (Å²) in [6, 6.07) is 7.70. The topological polar surface area (TPSA) is 38.8 Å². The Hall–Kier alpha value is -1.35. The first-order chi connectivity index (χ1) is 8.98. The third-order valence-electron chi connectivity index (χ3n) is 3.35. The molecule has 1 aliphatic heterocycles. The van der Waals surface area contributed by atoms with E-state index in [0.717, 1.165) is 6.42 Å². The second-order valence-corrected chi connectivity index (χ2v) is 5.94. The van der Waals surface area contributed by atoms with Crippen molar-refractivity contribution >= 4 is 5.97 Å². The van der Waals surface area contributed by atoms with Crippen LogP contribution in [0.5, 0.6) is 0 Å². The van der Waals surface area contributed by atoms with Crippen LogP contribution in [0.15, 0.2) is 24.3 Å². The molecule has 1 heterocycles. The van der Waals surface area contributed by atoms with Gasteiger partial charge >= 0.3 is 5.97 Å². The molecule has 0 N–H and O–H groups in total. The molecule has 1 saturated heterocycles. The Balaban J connectivity index is 1.84. The first-order valence-corrected chi connectivity index (χ1v) is 6.88. The van der Waals surface area contributed by atoms with E-state index in [9.17, 15) is 4.79 Å². The Kier molecular flexibility index (Phi) is 4.25. The standard InChI is InChI=1S/C16H22O3/c1-12(2)4-5-13-6-8-14(9-7-13)15(17)18-10-16(3)11-19-16/h6-9,12H,4-5,10-11H2,1-3H3. The molecule has 0 radical (unpaired) electrons. The lowest BCUT2D eigenvalue weighted by molar-refractivity contribution is 0.0411. The maximum Gasteiger partial charge on any atom is 0.338 e. The molecule has 104 valence electrons. The number of esters is 1. The minimum atomic E-state index is -0.271. The maximum atomic E-state index is 11.8. The maximum absolute atomic E-state index is 11.8. The quantitative estimate of drug-likeness (QED) is 0.583. The molecule has 0 aromatic heterocycles. The van der Waals surface area contributed by atoms with Crippen molar-refractivity contribution in [2.24, 2.45) is 5.92 Å². The van der Waals surface area contributed by atoms with Gasteiger partial charge in [0.05, 0.1) is 12.2 Å². The first-order valence-electron chi connectivity index (χ1n) is 6.88. The smallest absolute Gasteiger partial charge is 0.338 e. The zero-order chi connectivity index (χ0) is 13.9. The molecular formula is C16H22O3. The highest BCUT2D eigenvalue weighted by Gasteiger charge is 2.40. The van der Waals surface area contributed by atoms with E-state index in [1.165, 1.54) is 12.0 Å². The summed E-state index contributed by atoms with van der Waals surface area (Å²) in [5.41, 5.74) is 1.63. The van der Waals surface area contributed by atoms with Gasteiger partial charge in [0.15, 0.2) is 0 Å². The van der Waals surface area contributed by atoms with E-state index in [-0.39, 0.29) is 11.6 Å². The summed E-state index contributed by atoms with van der Waals surface area (Å²) < 4.78 is 10.4. The van der Waals surface area contributed by atoms with E-state index in [1.54, 1.807) is 0 Å². The van der Waals surface area contributed by atoms with Crippen molar-refractivity contribution in [2.75, 3.05) is 13.2 Å². The van der Waals surface area contributed by atoms with Crippen molar-refractivity contribution < 1.29 is 14.3 Å². The van der Waals surface area contributed by atoms with Gasteiger partial charge in [-0.15, -0.1) is 0 Å². The molecule has 0 amide bonds. The van der Waals surface area contributed by atoms with Crippen LogP contribution in [0.4, 0.5) is 0 Å². The highest BCUT2D eigenvalue weighted by molar-refractivity contribution is 5.89. The van der Waals surface area contributed by atoms with Gasteiger partial charge in [0, 0.05) is 0 Å². The number of hydrogen-bond donors (Lipinski definition) is 0. The number of aryl methyl sites for hydroxylation is 1. The van der Waals surface area contributed by atoms with Gasteiger partial charge in [0.25, 0.3) is 0 Å². The molecule has 0 bridgehead atoms. The summed E-state index contributed by atoms with van der Waals surface area (Å²) in [5, 5.41) is 0. The fourth-order valence-electron chi connectivity index (χ4n) is 1.77. The molecule has 0 spiro atoms. The Morgan fingerprint density at radius 3 is 2.53 bits per heavy atom. The van der Waals surface area contributed by atoms with Crippen molar-refractivity contribution in [2.45, 2.75) is 39.2 Å². The van der Waals surface area contributed by atoms with Crippen LogP contribution >= 0.6 is 0 Å². The summed E-state index contributed by atoms with van der Waals surface area (Å²) >= 11 is 0. The van der Waals surface area contributed by atoms with Crippen molar-refractivity contribution in [3.63, 3.8) is 0 Å². The van der Waals surface area contributed by atoms with Gasteiger partial charge in [-0.25, -0.2) is 4.79 Å². The van der Waals surface area contributed by atoms with Crippen molar-refractivity contribution in [3.8, 4) is 0 Å². The van der Waals surface area contributed by atoms with Crippen LogP contribution in [0.1, 0.15) is 43.1 Å². The molecular weight excluding hydrogens is 240 g/mol. The molecule has 0 aliphatic carbocycles. The van der Waals surface area contributed by atoms with Gasteiger partial charge in [-0.3, -0.25) is 0 Å². The summed E-state index contributed by atoms with van der Waals surface area (Å²) in [7, 11) is 0. The van der Waals surface area contributed by atoms with Gasteiger partial charge in [0.2, 0.25) is 0 Å². The van der Waals surface area contributed by atoms with Crippen LogP contribution in [0.2, 0.25) is 0 Å². The number of hydrogen-bond acceptors (Lipinski definition) is 3. The molecule has 1 atom stereocenters. The Labute approximate surface area is 114 Å². The molecule has 2 rings (SSSR count). The summed E-state index contributed by atoms with van der Waals surface area (Å²) in [6.07, 6.45) is 2.22. The highest BCUT2D eigenvalue weighted by Crippen LogP contribution is 2.26. The molecule has 3 nitrogen and oxygen atoms in total. The Morgan fingerprint density at radius 1 is 1.37 bits per heavy atom. The van der Waals surface area contributed by atoms with E-state index in [4.69, 9.17) is 9.47 Å². The average Bonchev–Trinajstić information content (AvgIpc) is 3.13. The number of carbonyl (C=O) groups excluding carboxylic acids is 1. The lowest BCUT2D eigenvalue weighted by Crippen LogP contribution is -2.18. The molecule has 19 heavy (non-hydrogen) atoms. The van der Waals surface area contributed by atoms with E-state index in [1.807, 2.05) is 31.2 Å². The number of benzene rings is 1. The fraction of sp³-hybridized carbons (Fsp3) is 0.562.